The monoisotopic (exact) mass is 443 g/mol. The third-order valence-corrected chi connectivity index (χ3v) is 7.83. The molecule has 0 atom stereocenters. The molecule has 0 aromatic heterocycles. The summed E-state index contributed by atoms with van der Waals surface area (Å²) < 4.78 is 32.1. The predicted octanol–water partition coefficient (Wildman–Crippen LogP) is 1.99. The second-order valence-electron chi connectivity index (χ2n) is 7.86. The smallest absolute Gasteiger partial charge is 0.243 e. The Labute approximate surface area is 184 Å². The molecule has 2 saturated heterocycles. The number of amides is 1. The lowest BCUT2D eigenvalue weighted by Crippen LogP contribution is -2.48. The maximum atomic E-state index is 12.7. The van der Waals surface area contributed by atoms with E-state index in [1.165, 1.54) is 9.99 Å². The summed E-state index contributed by atoms with van der Waals surface area (Å²) in [5, 5.41) is 0. The Bertz CT molecular complexity index is 966. The number of ether oxygens (including phenoxy) is 1. The molecule has 166 valence electrons. The summed E-state index contributed by atoms with van der Waals surface area (Å²) in [4.78, 5) is 17.2. The zero-order valence-corrected chi connectivity index (χ0v) is 18.5. The number of rotatable bonds is 6. The minimum absolute atomic E-state index is 0.151. The van der Waals surface area contributed by atoms with E-state index in [1.54, 1.807) is 12.1 Å². The number of piperazine rings is 1. The van der Waals surface area contributed by atoms with E-state index in [1.807, 2.05) is 35.2 Å². The topological polar surface area (TPSA) is 70.2 Å². The summed E-state index contributed by atoms with van der Waals surface area (Å²) in [6, 6.07) is 17.2. The number of nitrogens with zero attached hydrogens (tertiary/aromatic N) is 3. The lowest BCUT2D eigenvalue weighted by Gasteiger charge is -2.36. The zero-order chi connectivity index (χ0) is 21.7. The Morgan fingerprint density at radius 1 is 0.839 bits per heavy atom. The minimum Gasteiger partial charge on any atom is -0.379 e. The van der Waals surface area contributed by atoms with Gasteiger partial charge in [-0.1, -0.05) is 30.3 Å². The first-order chi connectivity index (χ1) is 15.0. The molecule has 2 heterocycles. The fourth-order valence-electron chi connectivity index (χ4n) is 4.03. The Morgan fingerprint density at radius 3 is 2.13 bits per heavy atom. The molecular formula is C23H29N3O4S. The third kappa shape index (κ3) is 5.26. The van der Waals surface area contributed by atoms with Crippen molar-refractivity contribution in [2.45, 2.75) is 17.7 Å². The summed E-state index contributed by atoms with van der Waals surface area (Å²) in [5.74, 6) is 0.151. The normalized spacial score (nSPS) is 18.2. The van der Waals surface area contributed by atoms with Gasteiger partial charge in [0.2, 0.25) is 15.9 Å². The van der Waals surface area contributed by atoms with Gasteiger partial charge in [-0.2, -0.15) is 4.31 Å². The van der Waals surface area contributed by atoms with Crippen LogP contribution in [0.2, 0.25) is 0 Å². The summed E-state index contributed by atoms with van der Waals surface area (Å²) >= 11 is 0. The van der Waals surface area contributed by atoms with Gasteiger partial charge in [-0.25, -0.2) is 8.42 Å². The number of anilines is 1. The molecule has 1 amide bonds. The first kappa shape index (κ1) is 21.8. The van der Waals surface area contributed by atoms with Gasteiger partial charge < -0.3 is 14.5 Å². The lowest BCUT2D eigenvalue weighted by molar-refractivity contribution is -0.131. The van der Waals surface area contributed by atoms with Crippen molar-refractivity contribution in [3.8, 4) is 0 Å². The standard InChI is InChI=1S/C23H29N3O4S/c27-23(25-14-12-24(13-15-25)21-4-2-1-3-5-21)11-8-20-6-9-22(10-7-20)31(28,29)26-16-18-30-19-17-26/h1-7,9-10H,8,11-19H2. The molecule has 2 aromatic rings. The predicted molar refractivity (Wildman–Crippen MR) is 120 cm³/mol. The van der Waals surface area contributed by atoms with Crippen LogP contribution in [0.4, 0.5) is 5.69 Å². The van der Waals surface area contributed by atoms with Gasteiger partial charge in [-0.05, 0) is 36.2 Å². The van der Waals surface area contributed by atoms with Gasteiger partial charge in [0.15, 0.2) is 0 Å². The number of morpholine rings is 1. The summed E-state index contributed by atoms with van der Waals surface area (Å²) in [5.41, 5.74) is 2.17. The van der Waals surface area contributed by atoms with E-state index >= 15 is 0 Å². The van der Waals surface area contributed by atoms with Crippen molar-refractivity contribution in [1.82, 2.24) is 9.21 Å². The molecule has 4 rings (SSSR count). The number of sulfonamides is 1. The minimum atomic E-state index is -3.48. The van der Waals surface area contributed by atoms with E-state index in [9.17, 15) is 13.2 Å². The second kappa shape index (κ2) is 9.80. The van der Waals surface area contributed by atoms with Gasteiger partial charge in [0.25, 0.3) is 0 Å². The van der Waals surface area contributed by atoms with Crippen LogP contribution < -0.4 is 4.90 Å². The first-order valence-electron chi connectivity index (χ1n) is 10.8. The fraction of sp³-hybridized carbons (Fsp3) is 0.435. The largest absolute Gasteiger partial charge is 0.379 e. The highest BCUT2D eigenvalue weighted by molar-refractivity contribution is 7.89. The molecule has 2 aliphatic rings. The highest BCUT2D eigenvalue weighted by Gasteiger charge is 2.26. The van der Waals surface area contributed by atoms with Crippen molar-refractivity contribution in [2.75, 3.05) is 57.4 Å². The molecule has 2 aromatic carbocycles. The van der Waals surface area contributed by atoms with E-state index in [4.69, 9.17) is 4.74 Å². The van der Waals surface area contributed by atoms with Crippen LogP contribution in [0.3, 0.4) is 0 Å². The van der Waals surface area contributed by atoms with Crippen molar-refractivity contribution >= 4 is 21.6 Å². The van der Waals surface area contributed by atoms with Gasteiger partial charge in [0.05, 0.1) is 18.1 Å². The van der Waals surface area contributed by atoms with Crippen LogP contribution in [0.15, 0.2) is 59.5 Å². The summed E-state index contributed by atoms with van der Waals surface area (Å²) in [6.07, 6.45) is 1.04. The number of carbonyl (C=O) groups excluding carboxylic acids is 1. The van der Waals surface area contributed by atoms with E-state index in [0.29, 0.717) is 44.0 Å². The first-order valence-corrected chi connectivity index (χ1v) is 12.2. The lowest BCUT2D eigenvalue weighted by atomic mass is 10.1. The molecule has 0 saturated carbocycles. The van der Waals surface area contributed by atoms with Crippen LogP contribution in [0.5, 0.6) is 0 Å². The van der Waals surface area contributed by atoms with E-state index in [-0.39, 0.29) is 5.91 Å². The summed E-state index contributed by atoms with van der Waals surface area (Å²) in [7, 11) is -3.48. The molecule has 31 heavy (non-hydrogen) atoms. The van der Waals surface area contributed by atoms with Gasteiger partial charge in [0, 0.05) is 51.4 Å². The fourth-order valence-corrected chi connectivity index (χ4v) is 5.43. The Balaban J connectivity index is 1.27. The molecule has 0 spiro atoms. The number of para-hydroxylation sites is 1. The Kier molecular flexibility index (Phi) is 6.89. The molecule has 7 nitrogen and oxygen atoms in total. The van der Waals surface area contributed by atoms with Crippen LogP contribution in [-0.4, -0.2) is 76.0 Å². The number of hydrogen-bond acceptors (Lipinski definition) is 5. The number of benzene rings is 2. The highest BCUT2D eigenvalue weighted by Crippen LogP contribution is 2.19. The van der Waals surface area contributed by atoms with Gasteiger partial charge >= 0.3 is 0 Å². The maximum Gasteiger partial charge on any atom is 0.243 e. The highest BCUT2D eigenvalue weighted by atomic mass is 32.2. The van der Waals surface area contributed by atoms with Crippen LogP contribution >= 0.6 is 0 Å². The second-order valence-corrected chi connectivity index (χ2v) is 9.80. The quantitative estimate of drug-likeness (QED) is 0.683. The maximum absolute atomic E-state index is 12.7. The van der Waals surface area contributed by atoms with Crippen LogP contribution in [0.1, 0.15) is 12.0 Å². The van der Waals surface area contributed by atoms with Gasteiger partial charge in [-0.15, -0.1) is 0 Å². The summed E-state index contributed by atoms with van der Waals surface area (Å²) in [6.45, 7) is 4.76. The van der Waals surface area contributed by atoms with E-state index in [2.05, 4.69) is 17.0 Å². The molecule has 2 aliphatic heterocycles. The average Bonchev–Trinajstić information content (AvgIpc) is 2.84. The molecular weight excluding hydrogens is 414 g/mol. The molecule has 0 aliphatic carbocycles. The molecule has 0 unspecified atom stereocenters. The van der Waals surface area contributed by atoms with Crippen LogP contribution in [-0.2, 0) is 26.0 Å². The van der Waals surface area contributed by atoms with E-state index < -0.39 is 10.0 Å². The molecule has 8 heteroatoms. The van der Waals surface area contributed by atoms with Crippen molar-refractivity contribution in [3.05, 3.63) is 60.2 Å². The van der Waals surface area contributed by atoms with Crippen molar-refractivity contribution < 1.29 is 17.9 Å². The van der Waals surface area contributed by atoms with Crippen LogP contribution in [0, 0.1) is 0 Å². The number of hydrogen-bond donors (Lipinski definition) is 0. The van der Waals surface area contributed by atoms with Crippen molar-refractivity contribution in [2.24, 2.45) is 0 Å². The van der Waals surface area contributed by atoms with Crippen molar-refractivity contribution in [1.29, 1.82) is 0 Å². The molecule has 0 radical (unpaired) electrons. The Morgan fingerprint density at radius 2 is 1.48 bits per heavy atom. The number of aryl methyl sites for hydroxylation is 1. The SMILES string of the molecule is O=C(CCc1ccc(S(=O)(=O)N2CCOCC2)cc1)N1CCN(c2ccccc2)CC1. The van der Waals surface area contributed by atoms with Crippen LogP contribution in [0.25, 0.3) is 0 Å². The number of carbonyl (C=O) groups is 1. The van der Waals surface area contributed by atoms with Gasteiger partial charge in [-0.3, -0.25) is 4.79 Å². The molecule has 2 fully saturated rings. The molecule has 0 bridgehead atoms. The average molecular weight is 444 g/mol. The van der Waals surface area contributed by atoms with Crippen molar-refractivity contribution in [3.63, 3.8) is 0 Å². The zero-order valence-electron chi connectivity index (χ0n) is 17.7. The van der Waals surface area contributed by atoms with E-state index in [0.717, 1.165) is 31.7 Å². The van der Waals surface area contributed by atoms with Gasteiger partial charge in [0.1, 0.15) is 0 Å². The Hall–Kier alpha value is -2.42. The molecule has 0 N–H and O–H groups in total. The third-order valence-electron chi connectivity index (χ3n) is 5.91.